The van der Waals surface area contributed by atoms with Gasteiger partial charge in [-0.3, -0.25) is 14.5 Å². The number of nitrogens with zero attached hydrogens (tertiary/aromatic N) is 2. The number of amides is 1. The monoisotopic (exact) mass is 436 g/mol. The first kappa shape index (κ1) is 22.0. The Morgan fingerprint density at radius 1 is 1.03 bits per heavy atom. The van der Waals surface area contributed by atoms with Crippen molar-refractivity contribution in [3.63, 3.8) is 0 Å². The lowest BCUT2D eigenvalue weighted by Crippen LogP contribution is -2.38. The lowest BCUT2D eigenvalue weighted by atomic mass is 9.95. The summed E-state index contributed by atoms with van der Waals surface area (Å²) in [4.78, 5) is 29.9. The van der Waals surface area contributed by atoms with Crippen molar-refractivity contribution in [1.82, 2.24) is 9.80 Å². The highest BCUT2D eigenvalue weighted by molar-refractivity contribution is 6.46. The van der Waals surface area contributed by atoms with Gasteiger partial charge in [-0.05, 0) is 36.2 Å². The van der Waals surface area contributed by atoms with Crippen LogP contribution < -0.4 is 4.74 Å². The third-order valence-corrected chi connectivity index (χ3v) is 6.00. The van der Waals surface area contributed by atoms with Gasteiger partial charge in [0.05, 0.1) is 31.9 Å². The molecule has 2 aliphatic rings. The molecule has 2 aromatic rings. The molecule has 0 saturated carbocycles. The van der Waals surface area contributed by atoms with Gasteiger partial charge >= 0.3 is 0 Å². The topological polar surface area (TPSA) is 79.3 Å². The standard InChI is InChI=1S/C25H28N2O5/c1-31-20-10-8-19(9-11-20)23(28)21-22(18-6-3-2-4-7-18)27(25(30)24(21)29)13-5-12-26-14-16-32-17-15-26/h2-4,6-11,22,28H,5,12-17H2,1H3. The number of methoxy groups -OCH3 is 1. The van der Waals surface area contributed by atoms with E-state index in [1.165, 1.54) is 0 Å². The molecule has 1 atom stereocenters. The Morgan fingerprint density at radius 2 is 1.72 bits per heavy atom. The lowest BCUT2D eigenvalue weighted by molar-refractivity contribution is -0.140. The van der Waals surface area contributed by atoms with E-state index in [1.54, 1.807) is 36.3 Å². The smallest absolute Gasteiger partial charge is 0.295 e. The van der Waals surface area contributed by atoms with Crippen molar-refractivity contribution < 1.29 is 24.2 Å². The fourth-order valence-electron chi connectivity index (χ4n) is 4.29. The molecular weight excluding hydrogens is 408 g/mol. The van der Waals surface area contributed by atoms with Crippen LogP contribution in [0.1, 0.15) is 23.6 Å². The van der Waals surface area contributed by atoms with E-state index in [0.29, 0.717) is 17.9 Å². The molecule has 168 valence electrons. The average Bonchev–Trinajstić information content (AvgIpc) is 3.10. The molecule has 7 nitrogen and oxygen atoms in total. The predicted molar refractivity (Wildman–Crippen MR) is 120 cm³/mol. The molecule has 1 amide bonds. The van der Waals surface area contributed by atoms with E-state index in [9.17, 15) is 14.7 Å². The number of hydrogen-bond acceptors (Lipinski definition) is 6. The molecule has 0 radical (unpaired) electrons. The molecule has 2 aromatic carbocycles. The third-order valence-electron chi connectivity index (χ3n) is 6.00. The van der Waals surface area contributed by atoms with Crippen LogP contribution in [0.4, 0.5) is 0 Å². The summed E-state index contributed by atoms with van der Waals surface area (Å²) in [6.07, 6.45) is 0.735. The first-order valence-electron chi connectivity index (χ1n) is 10.9. The summed E-state index contributed by atoms with van der Waals surface area (Å²) in [7, 11) is 1.56. The Morgan fingerprint density at radius 3 is 2.38 bits per heavy atom. The van der Waals surface area contributed by atoms with Crippen LogP contribution in [0.5, 0.6) is 5.75 Å². The maximum absolute atomic E-state index is 13.0. The van der Waals surface area contributed by atoms with E-state index >= 15 is 0 Å². The summed E-state index contributed by atoms with van der Waals surface area (Å²) in [5.74, 6) is -0.755. The van der Waals surface area contributed by atoms with E-state index in [1.807, 2.05) is 30.3 Å². The SMILES string of the molecule is COc1ccc(C(O)=C2C(=O)C(=O)N(CCCN3CCOCC3)C2c2ccccc2)cc1. The van der Waals surface area contributed by atoms with Crippen molar-refractivity contribution in [2.75, 3.05) is 46.5 Å². The fourth-order valence-corrected chi connectivity index (χ4v) is 4.29. The second-order valence-corrected chi connectivity index (χ2v) is 7.94. The molecule has 2 fully saturated rings. The van der Waals surface area contributed by atoms with Gasteiger partial charge < -0.3 is 19.5 Å². The molecule has 2 saturated heterocycles. The van der Waals surface area contributed by atoms with Gasteiger partial charge in [0.25, 0.3) is 11.7 Å². The molecule has 0 spiro atoms. The summed E-state index contributed by atoms with van der Waals surface area (Å²) in [5, 5.41) is 11.1. The minimum atomic E-state index is -0.654. The van der Waals surface area contributed by atoms with Crippen LogP contribution in [0.25, 0.3) is 5.76 Å². The van der Waals surface area contributed by atoms with Gasteiger partial charge in [0, 0.05) is 31.7 Å². The van der Waals surface area contributed by atoms with Crippen LogP contribution in [0.15, 0.2) is 60.2 Å². The number of aliphatic hydroxyl groups is 1. The van der Waals surface area contributed by atoms with Crippen LogP contribution in [-0.4, -0.2) is 73.1 Å². The summed E-state index contributed by atoms with van der Waals surface area (Å²) in [6.45, 7) is 4.44. The van der Waals surface area contributed by atoms with Crippen molar-refractivity contribution in [2.45, 2.75) is 12.5 Å². The van der Waals surface area contributed by atoms with E-state index in [-0.39, 0.29) is 11.3 Å². The molecule has 0 aliphatic carbocycles. The lowest BCUT2D eigenvalue weighted by Gasteiger charge is -2.29. The van der Waals surface area contributed by atoms with Crippen LogP contribution >= 0.6 is 0 Å². The number of morpholine rings is 1. The molecule has 2 aliphatic heterocycles. The maximum Gasteiger partial charge on any atom is 0.295 e. The minimum absolute atomic E-state index is 0.123. The molecule has 2 heterocycles. The normalized spacial score (nSPS) is 21.2. The zero-order chi connectivity index (χ0) is 22.5. The van der Waals surface area contributed by atoms with E-state index < -0.39 is 17.7 Å². The number of ketones is 1. The molecule has 0 aromatic heterocycles. The Balaban J connectivity index is 1.64. The second kappa shape index (κ2) is 9.97. The maximum atomic E-state index is 13.0. The minimum Gasteiger partial charge on any atom is -0.507 e. The Labute approximate surface area is 187 Å². The highest BCUT2D eigenvalue weighted by Gasteiger charge is 2.45. The number of hydrogen-bond donors (Lipinski definition) is 1. The number of rotatable bonds is 7. The van der Waals surface area contributed by atoms with Crippen LogP contribution in [0, 0.1) is 0 Å². The number of benzene rings is 2. The number of carbonyl (C=O) groups excluding carboxylic acids is 2. The summed E-state index contributed by atoms with van der Waals surface area (Å²) < 4.78 is 10.6. The zero-order valence-corrected chi connectivity index (χ0v) is 18.2. The molecule has 1 unspecified atom stereocenters. The van der Waals surface area contributed by atoms with Gasteiger partial charge in [-0.15, -0.1) is 0 Å². The van der Waals surface area contributed by atoms with E-state index in [0.717, 1.165) is 44.8 Å². The van der Waals surface area contributed by atoms with E-state index in [2.05, 4.69) is 4.90 Å². The number of likely N-dealkylation sites (tertiary alicyclic amines) is 1. The van der Waals surface area contributed by atoms with Gasteiger partial charge in [-0.1, -0.05) is 30.3 Å². The Hall–Kier alpha value is -3.16. The van der Waals surface area contributed by atoms with Gasteiger partial charge in [-0.25, -0.2) is 0 Å². The summed E-state index contributed by atoms with van der Waals surface area (Å²) >= 11 is 0. The fraction of sp³-hybridized carbons (Fsp3) is 0.360. The van der Waals surface area contributed by atoms with Gasteiger partial charge in [0.2, 0.25) is 0 Å². The Kier molecular flexibility index (Phi) is 6.87. The van der Waals surface area contributed by atoms with Crippen molar-refractivity contribution in [3.8, 4) is 5.75 Å². The third kappa shape index (κ3) is 4.54. The summed E-state index contributed by atoms with van der Waals surface area (Å²) in [5.41, 5.74) is 1.39. The second-order valence-electron chi connectivity index (χ2n) is 7.94. The Bertz CT molecular complexity index is 981. The van der Waals surface area contributed by atoms with Crippen molar-refractivity contribution in [1.29, 1.82) is 0 Å². The average molecular weight is 437 g/mol. The molecule has 32 heavy (non-hydrogen) atoms. The van der Waals surface area contributed by atoms with Gasteiger partial charge in [0.1, 0.15) is 11.5 Å². The number of Topliss-reactive ketones (excluding diaryl/α,β-unsaturated/α-hetero) is 1. The highest BCUT2D eigenvalue weighted by atomic mass is 16.5. The molecule has 1 N–H and O–H groups in total. The first-order valence-corrected chi connectivity index (χ1v) is 10.9. The summed E-state index contributed by atoms with van der Waals surface area (Å²) in [6, 6.07) is 15.6. The molecular formula is C25H28N2O5. The molecule has 7 heteroatoms. The van der Waals surface area contributed by atoms with Crippen LogP contribution in [0.3, 0.4) is 0 Å². The van der Waals surface area contributed by atoms with Crippen LogP contribution in [-0.2, 0) is 14.3 Å². The highest BCUT2D eigenvalue weighted by Crippen LogP contribution is 2.39. The molecule has 0 bridgehead atoms. The predicted octanol–water partition coefficient (Wildman–Crippen LogP) is 2.84. The zero-order valence-electron chi connectivity index (χ0n) is 18.2. The van der Waals surface area contributed by atoms with Crippen LogP contribution in [0.2, 0.25) is 0 Å². The number of ether oxygens (including phenoxy) is 2. The number of aliphatic hydroxyl groups excluding tert-OH is 1. The van der Waals surface area contributed by atoms with Crippen molar-refractivity contribution >= 4 is 17.4 Å². The van der Waals surface area contributed by atoms with Gasteiger partial charge in [0.15, 0.2) is 0 Å². The van der Waals surface area contributed by atoms with Crippen molar-refractivity contribution in [2.24, 2.45) is 0 Å². The first-order chi connectivity index (χ1) is 15.6. The molecule has 4 rings (SSSR count). The quantitative estimate of drug-likeness (QED) is 0.409. The number of carbonyl (C=O) groups is 2. The largest absolute Gasteiger partial charge is 0.507 e. The van der Waals surface area contributed by atoms with E-state index in [4.69, 9.17) is 9.47 Å². The van der Waals surface area contributed by atoms with Gasteiger partial charge in [-0.2, -0.15) is 0 Å². The van der Waals surface area contributed by atoms with Crippen molar-refractivity contribution in [3.05, 3.63) is 71.3 Å².